The Morgan fingerprint density at radius 1 is 1.11 bits per heavy atom. The summed E-state index contributed by atoms with van der Waals surface area (Å²) in [6, 6.07) is 18.7. The van der Waals surface area contributed by atoms with Gasteiger partial charge in [-0.1, -0.05) is 42.5 Å². The number of aromatic nitrogens is 1. The maximum Gasteiger partial charge on any atom is 0.315 e. The lowest BCUT2D eigenvalue weighted by Crippen LogP contribution is -2.47. The molecular weight excluding hydrogens is 444 g/mol. The van der Waals surface area contributed by atoms with E-state index in [0.29, 0.717) is 23.9 Å². The second-order valence-corrected chi connectivity index (χ2v) is 8.33. The van der Waals surface area contributed by atoms with Gasteiger partial charge in [0.05, 0.1) is 37.6 Å². The number of oxazole rings is 1. The predicted molar refractivity (Wildman–Crippen MR) is 137 cm³/mol. The molecule has 0 saturated carbocycles. The molecule has 182 valence electrons. The highest BCUT2D eigenvalue weighted by Crippen LogP contribution is 2.32. The van der Waals surface area contributed by atoms with E-state index in [2.05, 4.69) is 20.9 Å². The van der Waals surface area contributed by atoms with E-state index >= 15 is 0 Å². The normalized spacial score (nSPS) is 12.7. The summed E-state index contributed by atoms with van der Waals surface area (Å²) in [7, 11) is 1.59. The lowest BCUT2D eigenvalue weighted by Gasteiger charge is -2.21. The number of carbonyl (C=O) groups is 1. The zero-order chi connectivity index (χ0) is 24.8. The van der Waals surface area contributed by atoms with Crippen molar-refractivity contribution < 1.29 is 19.1 Å². The van der Waals surface area contributed by atoms with Crippen molar-refractivity contribution in [1.82, 2.24) is 15.6 Å². The zero-order valence-electron chi connectivity index (χ0n) is 20.0. The van der Waals surface area contributed by atoms with Crippen LogP contribution in [0.5, 0.6) is 5.75 Å². The largest absolute Gasteiger partial charge is 0.496 e. The van der Waals surface area contributed by atoms with Crippen LogP contribution in [0.3, 0.4) is 0 Å². The third kappa shape index (κ3) is 5.73. The molecule has 2 atom stereocenters. The number of fused-ring (bicyclic) bond motifs is 1. The van der Waals surface area contributed by atoms with Gasteiger partial charge in [0.25, 0.3) is 0 Å². The number of amides is 2. The fourth-order valence-electron chi connectivity index (χ4n) is 4.02. The summed E-state index contributed by atoms with van der Waals surface area (Å²) < 4.78 is 11.1. The highest BCUT2D eigenvalue weighted by molar-refractivity contribution is 5.86. The molecule has 4 N–H and O–H groups in total. The molecule has 0 aliphatic rings. The smallest absolute Gasteiger partial charge is 0.315 e. The van der Waals surface area contributed by atoms with Crippen LogP contribution in [0.2, 0.25) is 0 Å². The van der Waals surface area contributed by atoms with Crippen LogP contribution in [0, 0.1) is 6.92 Å². The summed E-state index contributed by atoms with van der Waals surface area (Å²) >= 11 is 0. The molecule has 0 radical (unpaired) electrons. The zero-order valence-corrected chi connectivity index (χ0v) is 20.0. The maximum atomic E-state index is 12.7. The number of carbonyl (C=O) groups excluding carboxylic acids is 1. The van der Waals surface area contributed by atoms with E-state index in [1.54, 1.807) is 20.2 Å². The lowest BCUT2D eigenvalue weighted by molar-refractivity contribution is 0.216. The molecule has 2 amide bonds. The predicted octanol–water partition coefficient (Wildman–Crippen LogP) is 4.65. The van der Waals surface area contributed by atoms with Gasteiger partial charge in [0, 0.05) is 25.2 Å². The summed E-state index contributed by atoms with van der Waals surface area (Å²) in [5.41, 5.74) is 2.61. The van der Waals surface area contributed by atoms with Gasteiger partial charge in [-0.2, -0.15) is 0 Å². The Bertz CT molecular complexity index is 1300. The third-order valence-corrected chi connectivity index (χ3v) is 5.83. The van der Waals surface area contributed by atoms with Crippen molar-refractivity contribution in [2.75, 3.05) is 25.6 Å². The monoisotopic (exact) mass is 474 g/mol. The van der Waals surface area contributed by atoms with Crippen molar-refractivity contribution >= 4 is 22.5 Å². The van der Waals surface area contributed by atoms with Gasteiger partial charge in [-0.05, 0) is 35.4 Å². The van der Waals surface area contributed by atoms with E-state index in [4.69, 9.17) is 9.15 Å². The summed E-state index contributed by atoms with van der Waals surface area (Å²) in [4.78, 5) is 16.8. The van der Waals surface area contributed by atoms with Gasteiger partial charge in [0.1, 0.15) is 5.75 Å². The average molecular weight is 475 g/mol. The molecule has 0 bridgehead atoms. The highest BCUT2D eigenvalue weighted by Gasteiger charge is 2.16. The summed E-state index contributed by atoms with van der Waals surface area (Å²) in [6.45, 7) is 3.84. The molecule has 0 aliphatic carbocycles. The number of nitrogens with one attached hydrogen (secondary N) is 3. The van der Waals surface area contributed by atoms with Gasteiger partial charge in [-0.25, -0.2) is 9.78 Å². The van der Waals surface area contributed by atoms with E-state index in [-0.39, 0.29) is 18.7 Å². The number of ether oxygens (including phenoxy) is 1. The Labute approximate surface area is 204 Å². The first-order valence-electron chi connectivity index (χ1n) is 11.5. The third-order valence-electron chi connectivity index (χ3n) is 5.83. The quantitative estimate of drug-likeness (QED) is 0.281. The van der Waals surface area contributed by atoms with Gasteiger partial charge in [-0.3, -0.25) is 0 Å². The minimum atomic E-state index is -0.489. The number of aryl methyl sites for hydroxylation is 1. The van der Waals surface area contributed by atoms with E-state index in [9.17, 15) is 9.90 Å². The maximum absolute atomic E-state index is 12.7. The van der Waals surface area contributed by atoms with Crippen LogP contribution >= 0.6 is 0 Å². The minimum absolute atomic E-state index is 0.204. The van der Waals surface area contributed by atoms with Crippen molar-refractivity contribution in [3.05, 3.63) is 78.3 Å². The number of rotatable bonds is 9. The number of aliphatic hydroxyl groups excluding tert-OH is 1. The number of hydrogen-bond donors (Lipinski definition) is 4. The van der Waals surface area contributed by atoms with Gasteiger partial charge in [0.15, 0.2) is 11.7 Å². The van der Waals surface area contributed by atoms with Crippen molar-refractivity contribution in [2.24, 2.45) is 0 Å². The molecule has 4 aromatic rings. The van der Waals surface area contributed by atoms with Crippen LogP contribution in [0.1, 0.15) is 24.4 Å². The number of urea groups is 1. The van der Waals surface area contributed by atoms with Crippen LogP contribution in [-0.2, 0) is 0 Å². The summed E-state index contributed by atoms with van der Waals surface area (Å²) in [6.07, 6.45) is 1.66. The number of hydrogen-bond acceptors (Lipinski definition) is 6. The van der Waals surface area contributed by atoms with E-state index < -0.39 is 6.04 Å². The molecule has 0 spiro atoms. The van der Waals surface area contributed by atoms with Crippen LogP contribution in [0.15, 0.2) is 71.3 Å². The second kappa shape index (κ2) is 10.9. The van der Waals surface area contributed by atoms with Gasteiger partial charge in [-0.15, -0.1) is 0 Å². The summed E-state index contributed by atoms with van der Waals surface area (Å²) in [5, 5.41) is 21.1. The molecule has 0 aliphatic heterocycles. The fraction of sp³-hybridized carbons (Fsp3) is 0.259. The molecule has 8 heteroatoms. The average Bonchev–Trinajstić information content (AvgIpc) is 3.31. The Morgan fingerprint density at radius 2 is 1.91 bits per heavy atom. The number of aliphatic hydroxyl groups is 1. The molecule has 35 heavy (non-hydrogen) atoms. The standard InChI is InChI=1S/C27H30N4O4/c1-17(22-10-6-8-19-7-4-5-9-23(19)22)30-27(33)31-21(16-32)14-29-20-11-12-24(25(13-20)34-3)26-15-28-18(2)35-26/h4-13,15,17,21,29,32H,14,16H2,1-3H3,(H2,30,31,33)/t17-,21?/m0/s1. The number of anilines is 1. The Hall–Kier alpha value is -4.04. The first kappa shape index (κ1) is 24.1. The van der Waals surface area contributed by atoms with Crippen LogP contribution < -0.4 is 20.7 Å². The number of nitrogens with zero attached hydrogens (tertiary/aromatic N) is 1. The first-order chi connectivity index (χ1) is 17.0. The topological polar surface area (TPSA) is 109 Å². The van der Waals surface area contributed by atoms with E-state index in [1.165, 1.54) is 0 Å². The lowest BCUT2D eigenvalue weighted by atomic mass is 10.00. The molecule has 4 rings (SSSR count). The Balaban J connectivity index is 1.36. The SMILES string of the molecule is COc1cc(NCC(CO)NC(=O)N[C@@H](C)c2cccc3ccccc23)ccc1-c1cnc(C)o1. The van der Waals surface area contributed by atoms with Crippen LogP contribution in [0.25, 0.3) is 22.1 Å². The second-order valence-electron chi connectivity index (χ2n) is 8.33. The highest BCUT2D eigenvalue weighted by atomic mass is 16.5. The minimum Gasteiger partial charge on any atom is -0.496 e. The van der Waals surface area contributed by atoms with Gasteiger partial charge in [0.2, 0.25) is 0 Å². The van der Waals surface area contributed by atoms with E-state index in [0.717, 1.165) is 27.6 Å². The Morgan fingerprint density at radius 3 is 2.66 bits per heavy atom. The Kier molecular flexibility index (Phi) is 7.52. The summed E-state index contributed by atoms with van der Waals surface area (Å²) in [5.74, 6) is 1.83. The number of benzene rings is 3. The molecule has 1 heterocycles. The van der Waals surface area contributed by atoms with Crippen LogP contribution in [0.4, 0.5) is 10.5 Å². The van der Waals surface area contributed by atoms with Crippen molar-refractivity contribution in [2.45, 2.75) is 25.9 Å². The molecule has 8 nitrogen and oxygen atoms in total. The molecule has 0 saturated heterocycles. The fourth-order valence-corrected chi connectivity index (χ4v) is 4.02. The van der Waals surface area contributed by atoms with Crippen LogP contribution in [-0.4, -0.2) is 42.4 Å². The first-order valence-corrected chi connectivity index (χ1v) is 11.5. The van der Waals surface area contributed by atoms with Gasteiger partial charge < -0.3 is 30.2 Å². The van der Waals surface area contributed by atoms with Crippen molar-refractivity contribution in [3.8, 4) is 17.1 Å². The van der Waals surface area contributed by atoms with E-state index in [1.807, 2.05) is 67.6 Å². The van der Waals surface area contributed by atoms with Crippen molar-refractivity contribution in [1.29, 1.82) is 0 Å². The molecule has 1 unspecified atom stereocenters. The number of methoxy groups -OCH3 is 1. The molecule has 0 fully saturated rings. The molecular formula is C27H30N4O4. The molecule has 3 aromatic carbocycles. The van der Waals surface area contributed by atoms with Gasteiger partial charge >= 0.3 is 6.03 Å². The molecule has 1 aromatic heterocycles. The van der Waals surface area contributed by atoms with Crippen molar-refractivity contribution in [3.63, 3.8) is 0 Å².